The number of likely N-dealkylation sites (tertiary alicyclic amines) is 1. The number of aliphatic hydroxyl groups excluding tert-OH is 1. The van der Waals surface area contributed by atoms with Gasteiger partial charge in [0.1, 0.15) is 24.2 Å². The Morgan fingerprint density at radius 2 is 1.93 bits per heavy atom. The second kappa shape index (κ2) is 12.1. The molecule has 222 valence electrons. The Bertz CT molecular complexity index is 1160. The number of morpholine rings is 1. The van der Waals surface area contributed by atoms with Gasteiger partial charge >= 0.3 is 5.97 Å². The van der Waals surface area contributed by atoms with Crippen molar-refractivity contribution in [3.8, 4) is 0 Å². The molecule has 0 aromatic heterocycles. The maximum atomic E-state index is 14.6. The highest BCUT2D eigenvalue weighted by atomic mass is 16.6. The number of fused-ring (bicyclic) bond motifs is 1. The highest BCUT2D eigenvalue weighted by Gasteiger charge is 2.79. The van der Waals surface area contributed by atoms with E-state index in [1.165, 1.54) is 11.0 Å². The minimum atomic E-state index is -1.22. The van der Waals surface area contributed by atoms with E-state index in [2.05, 4.69) is 18.1 Å². The van der Waals surface area contributed by atoms with Gasteiger partial charge in [0.15, 0.2) is 0 Å². The summed E-state index contributed by atoms with van der Waals surface area (Å²) in [6.45, 7) is 13.2. The van der Waals surface area contributed by atoms with Gasteiger partial charge in [-0.3, -0.25) is 19.3 Å². The van der Waals surface area contributed by atoms with Gasteiger partial charge in [0, 0.05) is 32.7 Å². The second-order valence-corrected chi connectivity index (χ2v) is 11.5. The van der Waals surface area contributed by atoms with E-state index in [9.17, 15) is 19.5 Å². The van der Waals surface area contributed by atoms with Gasteiger partial charge in [0.2, 0.25) is 11.8 Å². The fraction of sp³-hybridized carbons (Fsp3) is 0.581. The number of amides is 2. The van der Waals surface area contributed by atoms with Crippen LogP contribution in [0.4, 0.5) is 0 Å². The van der Waals surface area contributed by atoms with E-state index in [1.54, 1.807) is 11.0 Å². The number of ether oxygens (including phenoxy) is 3. The van der Waals surface area contributed by atoms with Crippen molar-refractivity contribution in [2.45, 2.75) is 43.1 Å². The number of hydrogen-bond acceptors (Lipinski definition) is 8. The van der Waals surface area contributed by atoms with Crippen molar-refractivity contribution in [1.29, 1.82) is 0 Å². The maximum Gasteiger partial charge on any atom is 0.313 e. The average molecular weight is 568 g/mol. The molecular formula is C31H41N3O7. The zero-order chi connectivity index (χ0) is 29.2. The van der Waals surface area contributed by atoms with Crippen molar-refractivity contribution in [3.63, 3.8) is 0 Å². The molecule has 5 rings (SSSR count). The van der Waals surface area contributed by atoms with Crippen molar-refractivity contribution in [3.05, 3.63) is 61.2 Å². The minimum Gasteiger partial charge on any atom is -0.461 e. The average Bonchev–Trinajstić information content (AvgIpc) is 3.56. The van der Waals surface area contributed by atoms with Gasteiger partial charge in [0.25, 0.3) is 0 Å². The van der Waals surface area contributed by atoms with Crippen LogP contribution in [0.25, 0.3) is 0 Å². The van der Waals surface area contributed by atoms with E-state index in [0.29, 0.717) is 51.3 Å². The van der Waals surface area contributed by atoms with Crippen LogP contribution in [0.2, 0.25) is 0 Å². The first-order valence-electron chi connectivity index (χ1n) is 14.5. The number of hydrogen-bond donors (Lipinski definition) is 1. The molecule has 0 radical (unpaired) electrons. The van der Waals surface area contributed by atoms with Crippen LogP contribution in [-0.2, 0) is 28.6 Å². The molecule has 6 atom stereocenters. The van der Waals surface area contributed by atoms with Gasteiger partial charge in [-0.15, -0.1) is 6.58 Å². The molecule has 0 saturated carbocycles. The lowest BCUT2D eigenvalue weighted by atomic mass is 9.66. The quantitative estimate of drug-likeness (QED) is 0.300. The molecule has 2 bridgehead atoms. The van der Waals surface area contributed by atoms with Crippen LogP contribution in [0.3, 0.4) is 0 Å². The lowest BCUT2D eigenvalue weighted by molar-refractivity contribution is -0.161. The van der Waals surface area contributed by atoms with Gasteiger partial charge in [0.05, 0.1) is 37.4 Å². The maximum absolute atomic E-state index is 14.6. The summed E-state index contributed by atoms with van der Waals surface area (Å²) in [5, 5.41) is 10.6. The van der Waals surface area contributed by atoms with Crippen LogP contribution >= 0.6 is 0 Å². The van der Waals surface area contributed by atoms with Crippen LogP contribution in [-0.4, -0.2) is 114 Å². The molecule has 4 heterocycles. The molecule has 4 aliphatic heterocycles. The lowest BCUT2D eigenvalue weighted by Gasteiger charge is -2.40. The van der Waals surface area contributed by atoms with Crippen molar-refractivity contribution in [2.24, 2.45) is 11.8 Å². The summed E-state index contributed by atoms with van der Waals surface area (Å²) in [6.07, 6.45) is 4.11. The Kier molecular flexibility index (Phi) is 8.65. The highest BCUT2D eigenvalue weighted by molar-refractivity contribution is 5.98. The summed E-state index contributed by atoms with van der Waals surface area (Å²) in [5.41, 5.74) is -1.46. The second-order valence-electron chi connectivity index (χ2n) is 11.5. The third-order valence-corrected chi connectivity index (χ3v) is 9.19. The van der Waals surface area contributed by atoms with E-state index in [4.69, 9.17) is 14.2 Å². The summed E-state index contributed by atoms with van der Waals surface area (Å²) in [7, 11) is 0. The molecule has 2 amide bonds. The molecule has 41 heavy (non-hydrogen) atoms. The van der Waals surface area contributed by atoms with Gasteiger partial charge in [-0.2, -0.15) is 0 Å². The molecule has 2 unspecified atom stereocenters. The van der Waals surface area contributed by atoms with Crippen molar-refractivity contribution in [1.82, 2.24) is 14.7 Å². The lowest BCUT2D eigenvalue weighted by Crippen LogP contribution is -2.58. The summed E-state index contributed by atoms with van der Waals surface area (Å²) in [6, 6.07) is 7.37. The number of nitrogens with zero attached hydrogens (tertiary/aromatic N) is 3. The normalized spacial score (nSPS) is 31.5. The molecule has 1 spiro atoms. The third-order valence-electron chi connectivity index (χ3n) is 9.19. The molecule has 1 aromatic rings. The van der Waals surface area contributed by atoms with Crippen LogP contribution in [0.15, 0.2) is 55.6 Å². The van der Waals surface area contributed by atoms with Gasteiger partial charge < -0.3 is 29.1 Å². The van der Waals surface area contributed by atoms with Gasteiger partial charge in [-0.1, -0.05) is 49.1 Å². The molecule has 4 saturated heterocycles. The monoisotopic (exact) mass is 567 g/mol. The van der Waals surface area contributed by atoms with Gasteiger partial charge in [-0.25, -0.2) is 0 Å². The number of aliphatic hydroxyl groups is 1. The minimum absolute atomic E-state index is 0.0172. The summed E-state index contributed by atoms with van der Waals surface area (Å²) >= 11 is 0. The Hall–Kier alpha value is -3.05. The highest BCUT2D eigenvalue weighted by Crippen LogP contribution is 2.64. The summed E-state index contributed by atoms with van der Waals surface area (Å²) < 4.78 is 17.6. The van der Waals surface area contributed by atoms with Crippen LogP contribution in [0.5, 0.6) is 0 Å². The fourth-order valence-electron chi connectivity index (χ4n) is 7.30. The zero-order valence-electron chi connectivity index (χ0n) is 23.8. The van der Waals surface area contributed by atoms with Crippen molar-refractivity contribution >= 4 is 17.8 Å². The van der Waals surface area contributed by atoms with Crippen LogP contribution in [0, 0.1) is 11.8 Å². The standard InChI is InChI=1S/C31H41N3O7/c1-4-13-33(15-14-32-16-19-39-20-17-32)28(37)26-31-12-11-30(3,41-31)25(29(38)40-18-5-2)24(31)27(36)34(26)23(21-35)22-9-7-6-8-10-22/h4-10,23-26,35H,1-2,11-21H2,3H3/t23-,24+,25-,26?,30+,31?/m1/s1. The predicted octanol–water partition coefficient (Wildman–Crippen LogP) is 1.56. The number of carbonyl (C=O) groups excluding carboxylic acids is 3. The summed E-state index contributed by atoms with van der Waals surface area (Å²) in [4.78, 5) is 48.0. The van der Waals surface area contributed by atoms with Crippen molar-refractivity contribution in [2.75, 3.05) is 59.2 Å². The van der Waals surface area contributed by atoms with Gasteiger partial charge in [-0.05, 0) is 25.3 Å². The Labute approximate surface area is 241 Å². The van der Waals surface area contributed by atoms with E-state index < -0.39 is 41.1 Å². The number of carbonyl (C=O) groups is 3. The van der Waals surface area contributed by atoms with Crippen LogP contribution in [0.1, 0.15) is 31.4 Å². The fourth-order valence-corrected chi connectivity index (χ4v) is 7.30. The molecule has 4 aliphatic rings. The van der Waals surface area contributed by atoms with E-state index in [1.807, 2.05) is 37.3 Å². The largest absolute Gasteiger partial charge is 0.461 e. The molecule has 4 fully saturated rings. The Balaban J connectivity index is 1.54. The van der Waals surface area contributed by atoms with Crippen LogP contribution < -0.4 is 0 Å². The molecule has 0 aliphatic carbocycles. The van der Waals surface area contributed by atoms with E-state index in [-0.39, 0.29) is 25.0 Å². The zero-order valence-corrected chi connectivity index (χ0v) is 23.8. The van der Waals surface area contributed by atoms with Crippen molar-refractivity contribution < 1.29 is 33.7 Å². The third kappa shape index (κ3) is 5.11. The molecular weight excluding hydrogens is 526 g/mol. The molecule has 1 aromatic carbocycles. The first-order chi connectivity index (χ1) is 19.8. The number of benzene rings is 1. The summed E-state index contributed by atoms with van der Waals surface area (Å²) in [5.74, 6) is -2.96. The Morgan fingerprint density at radius 1 is 1.20 bits per heavy atom. The first kappa shape index (κ1) is 29.4. The number of rotatable bonds is 12. The molecule has 10 heteroatoms. The predicted molar refractivity (Wildman–Crippen MR) is 151 cm³/mol. The SMILES string of the molecule is C=CCOC(=O)[C@H]1[C@H]2C(=O)N([C@H](CO)c3ccccc3)C(C(=O)N(CC=C)CCN3CCOCC3)C23CC[C@]1(C)O3. The first-order valence-corrected chi connectivity index (χ1v) is 14.5. The smallest absolute Gasteiger partial charge is 0.313 e. The Morgan fingerprint density at radius 3 is 2.59 bits per heavy atom. The topological polar surface area (TPSA) is 109 Å². The molecule has 1 N–H and O–H groups in total. The molecule has 10 nitrogen and oxygen atoms in total. The number of esters is 1. The van der Waals surface area contributed by atoms with E-state index in [0.717, 1.165) is 13.1 Å². The van der Waals surface area contributed by atoms with E-state index >= 15 is 0 Å².